The molecular formula is C14H15N3O. The van der Waals surface area contributed by atoms with Gasteiger partial charge in [-0.15, -0.1) is 6.58 Å². The minimum atomic E-state index is -0.131. The van der Waals surface area contributed by atoms with Crippen LogP contribution in [0, 0.1) is 13.8 Å². The molecule has 0 spiro atoms. The van der Waals surface area contributed by atoms with E-state index in [-0.39, 0.29) is 5.91 Å². The van der Waals surface area contributed by atoms with Crippen LogP contribution in [0.5, 0.6) is 0 Å². The number of carbonyl (C=O) groups excluding carboxylic acids is 1. The Hall–Kier alpha value is -2.23. The van der Waals surface area contributed by atoms with E-state index in [1.807, 2.05) is 19.9 Å². The van der Waals surface area contributed by atoms with Crippen LogP contribution in [0.25, 0.3) is 0 Å². The van der Waals surface area contributed by atoms with E-state index in [4.69, 9.17) is 0 Å². The molecule has 4 nitrogen and oxygen atoms in total. The number of hydrogen-bond acceptors (Lipinski definition) is 3. The van der Waals surface area contributed by atoms with Crippen LogP contribution < -0.4 is 0 Å². The van der Waals surface area contributed by atoms with Gasteiger partial charge in [-0.2, -0.15) is 5.10 Å². The number of allylic oxidation sites excluding steroid dienone is 1. The first-order valence-corrected chi connectivity index (χ1v) is 5.76. The van der Waals surface area contributed by atoms with Crippen molar-refractivity contribution in [2.45, 2.75) is 20.3 Å². The molecule has 18 heavy (non-hydrogen) atoms. The zero-order valence-electron chi connectivity index (χ0n) is 10.6. The number of pyridine rings is 1. The summed E-state index contributed by atoms with van der Waals surface area (Å²) in [6, 6.07) is 3.37. The predicted molar refractivity (Wildman–Crippen MR) is 69.6 cm³/mol. The molecule has 0 bridgehead atoms. The fourth-order valence-electron chi connectivity index (χ4n) is 1.93. The fraction of sp³-hybridized carbons (Fsp3) is 0.214. The average Bonchev–Trinajstić information content (AvgIpc) is 2.67. The molecule has 0 amide bonds. The van der Waals surface area contributed by atoms with Gasteiger partial charge < -0.3 is 0 Å². The standard InChI is InChI=1S/C14H15N3O/c1-4-5-13-10(2)16-17(11(13)3)14(18)12-6-8-15-9-7-12/h4,6-9H,1,5H2,2-3H3. The quantitative estimate of drug-likeness (QED) is 0.775. The predicted octanol–water partition coefficient (Wildman–Crippen LogP) is 2.31. The minimum Gasteiger partial charge on any atom is -0.267 e. The molecule has 0 saturated heterocycles. The van der Waals surface area contributed by atoms with Gasteiger partial charge in [0, 0.05) is 29.2 Å². The molecule has 2 aromatic heterocycles. The zero-order valence-corrected chi connectivity index (χ0v) is 10.6. The summed E-state index contributed by atoms with van der Waals surface area (Å²) >= 11 is 0. The number of hydrogen-bond donors (Lipinski definition) is 0. The van der Waals surface area contributed by atoms with Gasteiger partial charge in [0.1, 0.15) is 0 Å². The van der Waals surface area contributed by atoms with Gasteiger partial charge in [-0.05, 0) is 32.4 Å². The smallest absolute Gasteiger partial charge is 0.267 e. The first-order chi connectivity index (χ1) is 8.65. The lowest BCUT2D eigenvalue weighted by Crippen LogP contribution is -2.15. The lowest BCUT2D eigenvalue weighted by Gasteiger charge is -2.03. The van der Waals surface area contributed by atoms with Gasteiger partial charge >= 0.3 is 0 Å². The van der Waals surface area contributed by atoms with Crippen LogP contribution in [0.1, 0.15) is 27.3 Å². The minimum absolute atomic E-state index is 0.131. The maximum atomic E-state index is 12.3. The van der Waals surface area contributed by atoms with Crippen molar-refractivity contribution in [1.82, 2.24) is 14.8 Å². The highest BCUT2D eigenvalue weighted by Crippen LogP contribution is 2.15. The molecule has 0 aliphatic heterocycles. The van der Waals surface area contributed by atoms with E-state index in [0.29, 0.717) is 5.56 Å². The monoisotopic (exact) mass is 241 g/mol. The van der Waals surface area contributed by atoms with Crippen LogP contribution in [0.15, 0.2) is 37.2 Å². The third-order valence-electron chi connectivity index (χ3n) is 2.91. The molecule has 0 N–H and O–H groups in total. The van der Waals surface area contributed by atoms with Gasteiger partial charge in [-0.25, -0.2) is 4.68 Å². The fourth-order valence-corrected chi connectivity index (χ4v) is 1.93. The largest absolute Gasteiger partial charge is 0.278 e. The van der Waals surface area contributed by atoms with Crippen LogP contribution in [-0.2, 0) is 6.42 Å². The second-order valence-electron chi connectivity index (χ2n) is 4.10. The van der Waals surface area contributed by atoms with Crippen LogP contribution in [0.3, 0.4) is 0 Å². The molecule has 0 radical (unpaired) electrons. The van der Waals surface area contributed by atoms with Crippen molar-refractivity contribution in [3.05, 3.63) is 59.7 Å². The Kier molecular flexibility index (Phi) is 3.37. The Morgan fingerprint density at radius 1 is 1.39 bits per heavy atom. The number of carbonyl (C=O) groups is 1. The van der Waals surface area contributed by atoms with E-state index in [1.54, 1.807) is 24.5 Å². The maximum Gasteiger partial charge on any atom is 0.278 e. The van der Waals surface area contributed by atoms with Gasteiger partial charge in [0.2, 0.25) is 0 Å². The van der Waals surface area contributed by atoms with Crippen molar-refractivity contribution in [3.8, 4) is 0 Å². The van der Waals surface area contributed by atoms with E-state index in [2.05, 4.69) is 16.7 Å². The van der Waals surface area contributed by atoms with Gasteiger partial charge in [0.25, 0.3) is 5.91 Å². The Labute approximate surface area is 106 Å². The molecule has 0 fully saturated rings. The van der Waals surface area contributed by atoms with Crippen molar-refractivity contribution >= 4 is 5.91 Å². The Bertz CT molecular complexity index is 585. The first-order valence-electron chi connectivity index (χ1n) is 5.76. The molecular weight excluding hydrogens is 226 g/mol. The van der Waals surface area contributed by atoms with Crippen molar-refractivity contribution in [1.29, 1.82) is 0 Å². The summed E-state index contributed by atoms with van der Waals surface area (Å²) in [5, 5.41) is 4.30. The van der Waals surface area contributed by atoms with E-state index >= 15 is 0 Å². The molecule has 0 aliphatic rings. The van der Waals surface area contributed by atoms with E-state index in [0.717, 1.165) is 23.4 Å². The summed E-state index contributed by atoms with van der Waals surface area (Å²) in [4.78, 5) is 16.2. The highest BCUT2D eigenvalue weighted by molar-refractivity contribution is 5.95. The van der Waals surface area contributed by atoms with Crippen molar-refractivity contribution in [3.63, 3.8) is 0 Å². The van der Waals surface area contributed by atoms with E-state index < -0.39 is 0 Å². The van der Waals surface area contributed by atoms with Crippen molar-refractivity contribution in [2.75, 3.05) is 0 Å². The van der Waals surface area contributed by atoms with Gasteiger partial charge in [0.05, 0.1) is 5.69 Å². The number of aryl methyl sites for hydroxylation is 1. The molecule has 0 aliphatic carbocycles. The van der Waals surface area contributed by atoms with Crippen molar-refractivity contribution < 1.29 is 4.79 Å². The second-order valence-corrected chi connectivity index (χ2v) is 4.10. The third kappa shape index (κ3) is 2.09. The average molecular weight is 241 g/mol. The summed E-state index contributed by atoms with van der Waals surface area (Å²) in [6.45, 7) is 7.53. The summed E-state index contributed by atoms with van der Waals surface area (Å²) in [7, 11) is 0. The SMILES string of the molecule is C=CCc1c(C)nn(C(=O)c2ccncc2)c1C. The summed E-state index contributed by atoms with van der Waals surface area (Å²) in [5.41, 5.74) is 3.39. The van der Waals surface area contributed by atoms with Gasteiger partial charge in [-0.1, -0.05) is 6.08 Å². The Balaban J connectivity index is 2.43. The molecule has 4 heteroatoms. The van der Waals surface area contributed by atoms with Crippen LogP contribution in [0.2, 0.25) is 0 Å². The zero-order chi connectivity index (χ0) is 13.1. The topological polar surface area (TPSA) is 47.8 Å². The summed E-state index contributed by atoms with van der Waals surface area (Å²) in [6.07, 6.45) is 5.74. The highest BCUT2D eigenvalue weighted by Gasteiger charge is 2.16. The highest BCUT2D eigenvalue weighted by atomic mass is 16.2. The Morgan fingerprint density at radius 2 is 2.06 bits per heavy atom. The maximum absolute atomic E-state index is 12.3. The molecule has 2 aromatic rings. The lowest BCUT2D eigenvalue weighted by atomic mass is 10.1. The molecule has 0 saturated carbocycles. The normalized spacial score (nSPS) is 10.3. The summed E-state index contributed by atoms with van der Waals surface area (Å²) < 4.78 is 1.45. The van der Waals surface area contributed by atoms with Gasteiger partial charge in [0.15, 0.2) is 0 Å². The van der Waals surface area contributed by atoms with Crippen LogP contribution in [0.4, 0.5) is 0 Å². The molecule has 92 valence electrons. The van der Waals surface area contributed by atoms with E-state index in [1.165, 1.54) is 4.68 Å². The van der Waals surface area contributed by atoms with Gasteiger partial charge in [-0.3, -0.25) is 9.78 Å². The number of rotatable bonds is 3. The molecule has 2 rings (SSSR count). The lowest BCUT2D eigenvalue weighted by molar-refractivity contribution is 0.0942. The third-order valence-corrected chi connectivity index (χ3v) is 2.91. The van der Waals surface area contributed by atoms with E-state index in [9.17, 15) is 4.79 Å². The number of nitrogens with zero attached hydrogens (tertiary/aromatic N) is 3. The molecule has 2 heterocycles. The molecule has 0 aromatic carbocycles. The Morgan fingerprint density at radius 3 is 2.67 bits per heavy atom. The van der Waals surface area contributed by atoms with Crippen LogP contribution >= 0.6 is 0 Å². The first kappa shape index (κ1) is 12.2. The van der Waals surface area contributed by atoms with Crippen LogP contribution in [-0.4, -0.2) is 20.7 Å². The van der Waals surface area contributed by atoms with Crippen molar-refractivity contribution in [2.24, 2.45) is 0 Å². The molecule has 0 unspecified atom stereocenters. The second kappa shape index (κ2) is 4.96. The molecule has 0 atom stereocenters. The summed E-state index contributed by atoms with van der Waals surface area (Å²) in [5.74, 6) is -0.131. The number of aromatic nitrogens is 3.